The summed E-state index contributed by atoms with van der Waals surface area (Å²) in [5.41, 5.74) is 0. The predicted molar refractivity (Wildman–Crippen MR) is 94.4 cm³/mol. The molecule has 2 rings (SSSR count). The van der Waals surface area contributed by atoms with Crippen molar-refractivity contribution < 1.29 is 8.60 Å². The Morgan fingerprint density at radius 1 is 1.45 bits per heavy atom. The van der Waals surface area contributed by atoms with Gasteiger partial charge in [-0.3, -0.25) is 8.93 Å². The van der Waals surface area contributed by atoms with Crippen LogP contribution in [-0.2, 0) is 16.5 Å². The maximum Gasteiger partial charge on any atom is 0.195 e. The Kier molecular flexibility index (Phi) is 4.90. The van der Waals surface area contributed by atoms with Crippen LogP contribution in [0.4, 0.5) is 4.39 Å². The number of rotatable bonds is 4. The molecule has 0 aromatic carbocycles. The van der Waals surface area contributed by atoms with Crippen molar-refractivity contribution in [2.75, 3.05) is 13.1 Å². The van der Waals surface area contributed by atoms with Gasteiger partial charge in [0.05, 0.1) is 0 Å². The molecule has 0 bridgehead atoms. The van der Waals surface area contributed by atoms with Crippen LogP contribution in [0.25, 0.3) is 0 Å². The molecule has 2 heterocycles. The summed E-state index contributed by atoms with van der Waals surface area (Å²) in [4.78, 5) is 3.11. The zero-order valence-electron chi connectivity index (χ0n) is 14.0. The van der Waals surface area contributed by atoms with Gasteiger partial charge in [0.25, 0.3) is 0 Å². The van der Waals surface area contributed by atoms with E-state index in [2.05, 4.69) is 29.7 Å². The summed E-state index contributed by atoms with van der Waals surface area (Å²) in [5, 5.41) is 5.88. The third kappa shape index (κ3) is 3.79. The summed E-state index contributed by atoms with van der Waals surface area (Å²) in [6, 6.07) is 1.46. The third-order valence-electron chi connectivity index (χ3n) is 4.50. The standard InChI is InChI=1S/C14H26FN3OS2Si/c1-14(2,3)22(4,5)17-21(16,19)13-12(15)9-11(20-13)10-18-7-6-8-18/h9H,6-8,10H2,1-5H3,(H2,16,17,19). The van der Waals surface area contributed by atoms with Gasteiger partial charge in [-0.2, -0.15) is 0 Å². The Morgan fingerprint density at radius 2 is 2.05 bits per heavy atom. The number of halogens is 1. The lowest BCUT2D eigenvalue weighted by molar-refractivity contribution is 0.174. The summed E-state index contributed by atoms with van der Waals surface area (Å²) in [5.74, 6) is -0.476. The number of likely N-dealkylation sites (tertiary alicyclic amines) is 1. The molecule has 1 saturated heterocycles. The van der Waals surface area contributed by atoms with Gasteiger partial charge in [0.2, 0.25) is 0 Å². The quantitative estimate of drug-likeness (QED) is 0.827. The second-order valence-corrected chi connectivity index (χ2v) is 15.7. The molecule has 0 spiro atoms. The SMILES string of the molecule is CC(C)(C)[Si](C)(C)N=S(N)(=O)c1sc(CN2CCC2)cc1F. The molecule has 1 aliphatic rings. The third-order valence-corrected chi connectivity index (χ3v) is 13.7. The second-order valence-electron chi connectivity index (χ2n) is 7.45. The lowest BCUT2D eigenvalue weighted by Crippen LogP contribution is -2.37. The zero-order chi connectivity index (χ0) is 16.8. The Balaban J connectivity index is 2.34. The molecule has 22 heavy (non-hydrogen) atoms. The molecule has 1 atom stereocenters. The lowest BCUT2D eigenvalue weighted by Gasteiger charge is -2.32. The minimum Gasteiger partial charge on any atom is -0.298 e. The van der Waals surface area contributed by atoms with Gasteiger partial charge in [-0.15, -0.1) is 11.3 Å². The van der Waals surface area contributed by atoms with Crippen molar-refractivity contribution >= 4 is 29.5 Å². The highest BCUT2D eigenvalue weighted by atomic mass is 32.2. The van der Waals surface area contributed by atoms with Gasteiger partial charge in [0.1, 0.15) is 14.1 Å². The van der Waals surface area contributed by atoms with Crippen molar-refractivity contribution in [2.45, 2.75) is 56.1 Å². The van der Waals surface area contributed by atoms with E-state index in [0.29, 0.717) is 6.54 Å². The first-order valence-electron chi connectivity index (χ1n) is 7.49. The van der Waals surface area contributed by atoms with Gasteiger partial charge in [-0.05, 0) is 43.7 Å². The van der Waals surface area contributed by atoms with Crippen molar-refractivity contribution in [3.8, 4) is 0 Å². The highest BCUT2D eigenvalue weighted by molar-refractivity contribution is 7.94. The number of hydrogen-bond acceptors (Lipinski definition) is 4. The number of hydrogen-bond donors (Lipinski definition) is 1. The first-order chi connectivity index (χ1) is 9.92. The van der Waals surface area contributed by atoms with Crippen molar-refractivity contribution in [3.63, 3.8) is 0 Å². The van der Waals surface area contributed by atoms with Gasteiger partial charge in [0, 0.05) is 11.4 Å². The lowest BCUT2D eigenvalue weighted by atomic mass is 10.2. The van der Waals surface area contributed by atoms with Gasteiger partial charge in [-0.25, -0.2) is 13.7 Å². The average Bonchev–Trinajstić information content (AvgIpc) is 2.63. The molecule has 0 aliphatic carbocycles. The highest BCUT2D eigenvalue weighted by Gasteiger charge is 2.38. The second kappa shape index (κ2) is 5.97. The van der Waals surface area contributed by atoms with E-state index in [9.17, 15) is 8.60 Å². The maximum atomic E-state index is 14.2. The summed E-state index contributed by atoms with van der Waals surface area (Å²) < 4.78 is 31.7. The van der Waals surface area contributed by atoms with Gasteiger partial charge >= 0.3 is 0 Å². The Morgan fingerprint density at radius 3 is 2.50 bits per heavy atom. The molecule has 0 amide bonds. The molecule has 126 valence electrons. The molecular formula is C14H26FN3OS2Si. The number of thiophene rings is 1. The topological polar surface area (TPSA) is 58.7 Å². The molecule has 0 radical (unpaired) electrons. The van der Waals surface area contributed by atoms with Crippen molar-refractivity contribution in [3.05, 3.63) is 16.8 Å². The van der Waals surface area contributed by atoms with Crippen LogP contribution in [-0.4, -0.2) is 30.4 Å². The molecule has 1 aliphatic heterocycles. The summed E-state index contributed by atoms with van der Waals surface area (Å²) in [6.45, 7) is 13.0. The van der Waals surface area contributed by atoms with E-state index in [-0.39, 0.29) is 9.25 Å². The smallest absolute Gasteiger partial charge is 0.195 e. The van der Waals surface area contributed by atoms with E-state index in [1.165, 1.54) is 23.8 Å². The van der Waals surface area contributed by atoms with Crippen molar-refractivity contribution in [1.29, 1.82) is 0 Å². The van der Waals surface area contributed by atoms with Crippen LogP contribution in [0.5, 0.6) is 0 Å². The van der Waals surface area contributed by atoms with Crippen LogP contribution in [0, 0.1) is 5.82 Å². The Labute approximate surface area is 138 Å². The van der Waals surface area contributed by atoms with Gasteiger partial charge < -0.3 is 0 Å². The zero-order valence-corrected chi connectivity index (χ0v) is 16.6. The molecule has 8 heteroatoms. The maximum absolute atomic E-state index is 14.2. The van der Waals surface area contributed by atoms with E-state index in [0.717, 1.165) is 18.0 Å². The fourth-order valence-electron chi connectivity index (χ4n) is 1.95. The first-order valence-corrected chi connectivity index (χ1v) is 12.8. The molecule has 1 aromatic heterocycles. The Bertz CT molecular complexity index is 668. The van der Waals surface area contributed by atoms with E-state index in [4.69, 9.17) is 5.14 Å². The summed E-state index contributed by atoms with van der Waals surface area (Å²) >= 11 is 1.21. The number of nitrogens with zero attached hydrogens (tertiary/aromatic N) is 2. The summed E-state index contributed by atoms with van der Waals surface area (Å²) in [6.07, 6.45) is 1.19. The number of nitrogens with two attached hydrogens (primary N) is 1. The van der Waals surface area contributed by atoms with Gasteiger partial charge in [-0.1, -0.05) is 20.8 Å². The predicted octanol–water partition coefficient (Wildman–Crippen LogP) is 3.80. The largest absolute Gasteiger partial charge is 0.298 e. The van der Waals surface area contributed by atoms with Crippen LogP contribution >= 0.6 is 11.3 Å². The molecule has 0 saturated carbocycles. The molecule has 1 aromatic rings. The van der Waals surface area contributed by atoms with E-state index >= 15 is 0 Å². The van der Waals surface area contributed by atoms with Crippen LogP contribution < -0.4 is 5.14 Å². The normalized spacial score (nSPS) is 19.6. The van der Waals surface area contributed by atoms with E-state index in [1.54, 1.807) is 0 Å². The fraction of sp³-hybridized carbons (Fsp3) is 0.714. The minimum absolute atomic E-state index is 0.0801. The molecule has 1 fully saturated rings. The Hall–Kier alpha value is -0.283. The molecule has 4 nitrogen and oxygen atoms in total. The summed E-state index contributed by atoms with van der Waals surface area (Å²) in [7, 11) is -5.38. The monoisotopic (exact) mass is 363 g/mol. The van der Waals surface area contributed by atoms with Crippen LogP contribution in [0.2, 0.25) is 18.1 Å². The fourth-order valence-corrected chi connectivity index (χ4v) is 8.37. The van der Waals surface area contributed by atoms with Crippen LogP contribution in [0.15, 0.2) is 14.3 Å². The minimum atomic E-state index is -3.17. The molecular weight excluding hydrogens is 337 g/mol. The molecule has 1 unspecified atom stereocenters. The van der Waals surface area contributed by atoms with Crippen LogP contribution in [0.1, 0.15) is 32.1 Å². The van der Waals surface area contributed by atoms with Crippen molar-refractivity contribution in [1.82, 2.24) is 4.90 Å². The van der Waals surface area contributed by atoms with Crippen LogP contribution in [0.3, 0.4) is 0 Å². The highest BCUT2D eigenvalue weighted by Crippen LogP contribution is 2.38. The molecule has 2 N–H and O–H groups in total. The van der Waals surface area contributed by atoms with Crippen molar-refractivity contribution in [2.24, 2.45) is 9.17 Å². The van der Waals surface area contributed by atoms with E-state index in [1.807, 2.05) is 13.1 Å². The first kappa shape index (κ1) is 18.1. The van der Waals surface area contributed by atoms with E-state index < -0.39 is 24.0 Å². The van der Waals surface area contributed by atoms with Gasteiger partial charge in [0.15, 0.2) is 14.1 Å². The average molecular weight is 364 g/mol.